The fourth-order valence-corrected chi connectivity index (χ4v) is 2.50. The predicted octanol–water partition coefficient (Wildman–Crippen LogP) is 1.62. The lowest BCUT2D eigenvalue weighted by molar-refractivity contribution is -0.384. The first-order valence-electron chi connectivity index (χ1n) is 6.82. The van der Waals surface area contributed by atoms with Crippen LogP contribution in [-0.2, 0) is 0 Å². The number of para-hydroxylation sites is 1. The number of likely N-dealkylation sites (tertiary alicyclic amines) is 1. The van der Waals surface area contributed by atoms with Crippen molar-refractivity contribution in [3.8, 4) is 0 Å². The number of rotatable bonds is 3. The molecule has 21 heavy (non-hydrogen) atoms. The van der Waals surface area contributed by atoms with E-state index in [1.165, 1.54) is 12.1 Å². The molecule has 1 aliphatic rings. The number of nitro groups is 1. The van der Waals surface area contributed by atoms with E-state index in [4.69, 9.17) is 0 Å². The minimum absolute atomic E-state index is 0.118. The summed E-state index contributed by atoms with van der Waals surface area (Å²) in [5, 5.41) is 23.7. The number of hydrogen-bond donors (Lipinski definition) is 2. The summed E-state index contributed by atoms with van der Waals surface area (Å²) in [6, 6.07) is 4.45. The molecule has 2 rings (SSSR count). The van der Waals surface area contributed by atoms with Crippen molar-refractivity contribution in [2.45, 2.75) is 25.4 Å². The smallest absolute Gasteiger partial charge is 0.293 e. The third-order valence-corrected chi connectivity index (χ3v) is 3.85. The Morgan fingerprint density at radius 2 is 2.05 bits per heavy atom. The van der Waals surface area contributed by atoms with Crippen molar-refractivity contribution in [1.29, 1.82) is 0 Å². The topological polar surface area (TPSA) is 95.7 Å². The van der Waals surface area contributed by atoms with Crippen molar-refractivity contribution in [2.24, 2.45) is 0 Å². The average molecular weight is 293 g/mol. The average Bonchev–Trinajstić information content (AvgIpc) is 2.45. The number of carbonyl (C=O) groups is 1. The van der Waals surface area contributed by atoms with Gasteiger partial charge in [-0.25, -0.2) is 0 Å². The molecule has 1 aromatic rings. The molecule has 0 aromatic heterocycles. The van der Waals surface area contributed by atoms with Gasteiger partial charge in [-0.05, 0) is 25.8 Å². The molecule has 1 amide bonds. The van der Waals surface area contributed by atoms with E-state index in [-0.39, 0.29) is 22.8 Å². The van der Waals surface area contributed by atoms with Gasteiger partial charge in [-0.15, -0.1) is 0 Å². The number of hydrogen-bond acceptors (Lipinski definition) is 5. The second-order valence-electron chi connectivity index (χ2n) is 5.50. The minimum atomic E-state index is -0.745. The molecule has 0 radical (unpaired) electrons. The van der Waals surface area contributed by atoms with Crippen molar-refractivity contribution in [3.05, 3.63) is 33.9 Å². The molecule has 1 aromatic carbocycles. The summed E-state index contributed by atoms with van der Waals surface area (Å²) in [5.41, 5.74) is -0.351. The van der Waals surface area contributed by atoms with E-state index in [0.717, 1.165) is 0 Å². The van der Waals surface area contributed by atoms with Gasteiger partial charge in [0.1, 0.15) is 5.69 Å². The largest absolute Gasteiger partial charge is 0.390 e. The van der Waals surface area contributed by atoms with Gasteiger partial charge in [-0.1, -0.05) is 6.07 Å². The van der Waals surface area contributed by atoms with Gasteiger partial charge in [-0.2, -0.15) is 0 Å². The predicted molar refractivity (Wildman–Crippen MR) is 78.4 cm³/mol. The van der Waals surface area contributed by atoms with Crippen LogP contribution in [-0.4, -0.2) is 46.6 Å². The molecule has 0 spiro atoms. The lowest BCUT2D eigenvalue weighted by atomic mass is 9.93. The first-order chi connectivity index (χ1) is 9.85. The van der Waals surface area contributed by atoms with E-state index in [2.05, 4.69) is 5.32 Å². The number of carbonyl (C=O) groups excluding carboxylic acids is 1. The van der Waals surface area contributed by atoms with Crippen LogP contribution in [0, 0.1) is 10.1 Å². The Balaban J connectivity index is 2.28. The van der Waals surface area contributed by atoms with E-state index in [1.54, 1.807) is 24.9 Å². The zero-order valence-electron chi connectivity index (χ0n) is 12.1. The zero-order valence-corrected chi connectivity index (χ0v) is 12.1. The van der Waals surface area contributed by atoms with E-state index in [9.17, 15) is 20.0 Å². The maximum absolute atomic E-state index is 12.5. The quantitative estimate of drug-likeness (QED) is 0.652. The number of nitrogens with zero attached hydrogens (tertiary/aromatic N) is 2. The Kier molecular flexibility index (Phi) is 4.13. The molecule has 0 atom stereocenters. The molecule has 0 unspecified atom stereocenters. The Morgan fingerprint density at radius 1 is 1.43 bits per heavy atom. The Labute approximate surface area is 122 Å². The number of nitro benzene ring substituents is 1. The van der Waals surface area contributed by atoms with E-state index in [1.807, 2.05) is 0 Å². The highest BCUT2D eigenvalue weighted by Gasteiger charge is 2.31. The maximum Gasteiger partial charge on any atom is 0.293 e. The summed E-state index contributed by atoms with van der Waals surface area (Å²) in [4.78, 5) is 24.7. The molecule has 1 aliphatic heterocycles. The van der Waals surface area contributed by atoms with Gasteiger partial charge in [0.05, 0.1) is 16.1 Å². The van der Waals surface area contributed by atoms with Gasteiger partial charge in [0.2, 0.25) is 0 Å². The van der Waals surface area contributed by atoms with E-state index in [0.29, 0.717) is 25.9 Å². The van der Waals surface area contributed by atoms with Crippen LogP contribution in [0.2, 0.25) is 0 Å². The Morgan fingerprint density at radius 3 is 2.57 bits per heavy atom. The third kappa shape index (κ3) is 3.13. The molecule has 114 valence electrons. The second-order valence-corrected chi connectivity index (χ2v) is 5.50. The van der Waals surface area contributed by atoms with Crippen molar-refractivity contribution in [2.75, 3.05) is 25.5 Å². The van der Waals surface area contributed by atoms with Crippen LogP contribution in [0.1, 0.15) is 30.1 Å². The van der Waals surface area contributed by atoms with E-state index >= 15 is 0 Å². The first kappa shape index (κ1) is 15.2. The molecule has 2 N–H and O–H groups in total. The SMILES string of the molecule is CNc1c(C(=O)N2CCC(C)(O)CC2)cccc1[N+](=O)[O-]. The van der Waals surface area contributed by atoms with Crippen molar-refractivity contribution < 1.29 is 14.8 Å². The molecule has 7 heteroatoms. The summed E-state index contributed by atoms with van der Waals surface area (Å²) >= 11 is 0. The molecule has 0 saturated carbocycles. The van der Waals surface area contributed by atoms with Crippen molar-refractivity contribution in [3.63, 3.8) is 0 Å². The van der Waals surface area contributed by atoms with E-state index < -0.39 is 10.5 Å². The molecule has 0 aliphatic carbocycles. The molecular formula is C14H19N3O4. The molecule has 1 heterocycles. The first-order valence-corrected chi connectivity index (χ1v) is 6.82. The summed E-state index contributed by atoms with van der Waals surface area (Å²) in [6.07, 6.45) is 1.01. The Hall–Kier alpha value is -2.15. The number of nitrogens with one attached hydrogen (secondary N) is 1. The second kappa shape index (κ2) is 5.69. The number of anilines is 1. The van der Waals surface area contributed by atoms with Gasteiger partial charge < -0.3 is 15.3 Å². The number of aliphatic hydroxyl groups is 1. The monoisotopic (exact) mass is 293 g/mol. The van der Waals surface area contributed by atoms with Crippen LogP contribution in [0.25, 0.3) is 0 Å². The lowest BCUT2D eigenvalue weighted by Gasteiger charge is -2.36. The highest BCUT2D eigenvalue weighted by Crippen LogP contribution is 2.30. The third-order valence-electron chi connectivity index (χ3n) is 3.85. The molecule has 0 bridgehead atoms. The number of amides is 1. The fraction of sp³-hybridized carbons (Fsp3) is 0.500. The summed E-state index contributed by atoms with van der Waals surface area (Å²) < 4.78 is 0. The number of benzene rings is 1. The standard InChI is InChI=1S/C14H19N3O4/c1-14(19)6-8-16(9-7-14)13(18)10-4-3-5-11(17(20)21)12(10)15-2/h3-5,15,19H,6-9H2,1-2H3. The van der Waals surface area contributed by atoms with Gasteiger partial charge in [0.25, 0.3) is 11.6 Å². The van der Waals surface area contributed by atoms with Crippen LogP contribution < -0.4 is 5.32 Å². The van der Waals surface area contributed by atoms with Crippen LogP contribution >= 0.6 is 0 Å². The lowest BCUT2D eigenvalue weighted by Crippen LogP contribution is -2.45. The molecule has 7 nitrogen and oxygen atoms in total. The van der Waals surface area contributed by atoms with Gasteiger partial charge in [0, 0.05) is 26.2 Å². The van der Waals surface area contributed by atoms with Crippen molar-refractivity contribution >= 4 is 17.3 Å². The van der Waals surface area contributed by atoms with Crippen LogP contribution in [0.3, 0.4) is 0 Å². The molecule has 1 fully saturated rings. The summed E-state index contributed by atoms with van der Waals surface area (Å²) in [5.74, 6) is -0.251. The Bertz CT molecular complexity index is 561. The highest BCUT2D eigenvalue weighted by atomic mass is 16.6. The van der Waals surface area contributed by atoms with Gasteiger partial charge in [0.15, 0.2) is 0 Å². The molecule has 1 saturated heterocycles. The highest BCUT2D eigenvalue weighted by molar-refractivity contribution is 6.01. The van der Waals surface area contributed by atoms with Crippen LogP contribution in [0.5, 0.6) is 0 Å². The van der Waals surface area contributed by atoms with Gasteiger partial charge >= 0.3 is 0 Å². The molecular weight excluding hydrogens is 274 g/mol. The maximum atomic E-state index is 12.5. The zero-order chi connectivity index (χ0) is 15.6. The fourth-order valence-electron chi connectivity index (χ4n) is 2.50. The number of piperidine rings is 1. The summed E-state index contributed by atoms with van der Waals surface area (Å²) in [6.45, 7) is 2.64. The normalized spacial score (nSPS) is 17.4. The van der Waals surface area contributed by atoms with Crippen molar-refractivity contribution in [1.82, 2.24) is 4.90 Å². The van der Waals surface area contributed by atoms with Crippen LogP contribution in [0.15, 0.2) is 18.2 Å². The van der Waals surface area contributed by atoms with Crippen LogP contribution in [0.4, 0.5) is 11.4 Å². The van der Waals surface area contributed by atoms with Gasteiger partial charge in [-0.3, -0.25) is 14.9 Å². The minimum Gasteiger partial charge on any atom is -0.390 e. The summed E-state index contributed by atoms with van der Waals surface area (Å²) in [7, 11) is 1.56.